The van der Waals surface area contributed by atoms with Crippen LogP contribution in [-0.4, -0.2) is 29.1 Å². The highest BCUT2D eigenvalue weighted by Crippen LogP contribution is 2.35. The van der Waals surface area contributed by atoms with Crippen molar-refractivity contribution in [3.05, 3.63) is 35.4 Å². The zero-order chi connectivity index (χ0) is 15.2. The van der Waals surface area contributed by atoms with Gasteiger partial charge >= 0.3 is 5.97 Å². The molecule has 0 spiro atoms. The van der Waals surface area contributed by atoms with Crippen LogP contribution in [0.5, 0.6) is 0 Å². The van der Waals surface area contributed by atoms with Crippen LogP contribution in [0, 0.1) is 5.92 Å². The Morgan fingerprint density at radius 1 is 1.10 bits per heavy atom. The highest BCUT2D eigenvalue weighted by molar-refractivity contribution is 5.70. The molecule has 1 saturated carbocycles. The van der Waals surface area contributed by atoms with Gasteiger partial charge in [0.05, 0.1) is 5.92 Å². The van der Waals surface area contributed by atoms with Crippen LogP contribution in [0.25, 0.3) is 0 Å². The van der Waals surface area contributed by atoms with E-state index in [4.69, 9.17) is 5.11 Å². The van der Waals surface area contributed by atoms with Crippen molar-refractivity contribution in [3.8, 4) is 0 Å². The lowest BCUT2D eigenvalue weighted by Gasteiger charge is -2.26. The van der Waals surface area contributed by atoms with Crippen LogP contribution in [0.15, 0.2) is 24.3 Å². The predicted molar refractivity (Wildman–Crippen MR) is 85.4 cm³/mol. The predicted octanol–water partition coefficient (Wildman–Crippen LogP) is 3.89. The number of aliphatic carboxylic acids is 1. The van der Waals surface area contributed by atoms with E-state index in [1.54, 1.807) is 0 Å². The molecule has 1 aromatic rings. The van der Waals surface area contributed by atoms with E-state index in [1.165, 1.54) is 11.1 Å². The van der Waals surface area contributed by atoms with Gasteiger partial charge < -0.3 is 5.11 Å². The standard InChI is InChI=1S/C18H27NO2/c1-3-19(4-2)13-14-5-7-15(8-6-14)16-9-11-17(12-10-16)18(20)21/h5-8,16-17H,3-4,9-13H2,1-2H3,(H,20,21). The average Bonchev–Trinajstić information content (AvgIpc) is 2.53. The van der Waals surface area contributed by atoms with Crippen LogP contribution < -0.4 is 0 Å². The molecule has 0 bridgehead atoms. The minimum Gasteiger partial charge on any atom is -0.481 e. The summed E-state index contributed by atoms with van der Waals surface area (Å²) in [6.45, 7) is 7.56. The molecule has 0 atom stereocenters. The Morgan fingerprint density at radius 3 is 2.14 bits per heavy atom. The number of carboxylic acid groups (broad SMARTS) is 1. The average molecular weight is 289 g/mol. The smallest absolute Gasteiger partial charge is 0.306 e. The molecule has 3 nitrogen and oxygen atoms in total. The van der Waals surface area contributed by atoms with Crippen LogP contribution in [0.1, 0.15) is 56.6 Å². The van der Waals surface area contributed by atoms with Crippen LogP contribution in [0.2, 0.25) is 0 Å². The summed E-state index contributed by atoms with van der Waals surface area (Å²) in [7, 11) is 0. The molecular formula is C18H27NO2. The molecule has 1 aromatic carbocycles. The van der Waals surface area contributed by atoms with E-state index < -0.39 is 5.97 Å². The lowest BCUT2D eigenvalue weighted by atomic mass is 9.78. The van der Waals surface area contributed by atoms with Gasteiger partial charge in [-0.15, -0.1) is 0 Å². The first kappa shape index (κ1) is 16.0. The van der Waals surface area contributed by atoms with E-state index in [0.29, 0.717) is 5.92 Å². The number of carbonyl (C=O) groups is 1. The lowest BCUT2D eigenvalue weighted by Crippen LogP contribution is -2.22. The van der Waals surface area contributed by atoms with Gasteiger partial charge in [0.2, 0.25) is 0 Å². The summed E-state index contributed by atoms with van der Waals surface area (Å²) in [5.74, 6) is -0.200. The van der Waals surface area contributed by atoms with E-state index in [1.807, 2.05) is 0 Å². The third kappa shape index (κ3) is 4.31. The number of rotatable bonds is 6. The summed E-state index contributed by atoms with van der Waals surface area (Å²) in [6, 6.07) is 8.95. The Hall–Kier alpha value is -1.35. The molecule has 1 aliphatic rings. The van der Waals surface area contributed by atoms with Crippen molar-refractivity contribution in [2.45, 2.75) is 52.0 Å². The minimum atomic E-state index is -0.622. The lowest BCUT2D eigenvalue weighted by molar-refractivity contribution is -0.142. The van der Waals surface area contributed by atoms with Crippen LogP contribution >= 0.6 is 0 Å². The highest BCUT2D eigenvalue weighted by Gasteiger charge is 2.26. The van der Waals surface area contributed by atoms with Gasteiger partial charge in [-0.1, -0.05) is 38.1 Å². The van der Waals surface area contributed by atoms with Crippen molar-refractivity contribution < 1.29 is 9.90 Å². The Morgan fingerprint density at radius 2 is 1.67 bits per heavy atom. The van der Waals surface area contributed by atoms with Gasteiger partial charge in [-0.3, -0.25) is 9.69 Å². The van der Waals surface area contributed by atoms with Gasteiger partial charge in [0.15, 0.2) is 0 Å². The molecule has 0 saturated heterocycles. The number of carboxylic acids is 1. The second-order valence-corrected chi connectivity index (χ2v) is 6.09. The quantitative estimate of drug-likeness (QED) is 0.863. The first-order valence-electron chi connectivity index (χ1n) is 8.18. The van der Waals surface area contributed by atoms with Crippen molar-refractivity contribution in [3.63, 3.8) is 0 Å². The van der Waals surface area contributed by atoms with Gasteiger partial charge in [0.1, 0.15) is 0 Å². The number of nitrogens with zero attached hydrogens (tertiary/aromatic N) is 1. The Labute approximate surface area is 128 Å². The van der Waals surface area contributed by atoms with Crippen molar-refractivity contribution >= 4 is 5.97 Å². The second kappa shape index (κ2) is 7.60. The molecule has 0 radical (unpaired) electrons. The molecule has 21 heavy (non-hydrogen) atoms. The van der Waals surface area contributed by atoms with Gasteiger partial charge in [-0.2, -0.15) is 0 Å². The molecule has 1 N–H and O–H groups in total. The third-order valence-corrected chi connectivity index (χ3v) is 4.83. The van der Waals surface area contributed by atoms with Crippen LogP contribution in [-0.2, 0) is 11.3 Å². The number of benzene rings is 1. The summed E-state index contributed by atoms with van der Waals surface area (Å²) in [5.41, 5.74) is 2.74. The molecule has 0 heterocycles. The van der Waals surface area contributed by atoms with E-state index >= 15 is 0 Å². The largest absolute Gasteiger partial charge is 0.481 e. The molecule has 0 unspecified atom stereocenters. The minimum absolute atomic E-state index is 0.122. The first-order chi connectivity index (χ1) is 10.1. The highest BCUT2D eigenvalue weighted by atomic mass is 16.4. The third-order valence-electron chi connectivity index (χ3n) is 4.83. The van der Waals surface area contributed by atoms with Crippen LogP contribution in [0.4, 0.5) is 0 Å². The molecular weight excluding hydrogens is 262 g/mol. The summed E-state index contributed by atoms with van der Waals surface area (Å²) in [5, 5.41) is 9.06. The van der Waals surface area contributed by atoms with E-state index in [-0.39, 0.29) is 5.92 Å². The summed E-state index contributed by atoms with van der Waals surface area (Å²) in [6.07, 6.45) is 3.65. The van der Waals surface area contributed by atoms with Crippen molar-refractivity contribution in [1.82, 2.24) is 4.90 Å². The maximum absolute atomic E-state index is 11.0. The molecule has 0 aliphatic heterocycles. The topological polar surface area (TPSA) is 40.5 Å². The van der Waals surface area contributed by atoms with Crippen molar-refractivity contribution in [2.75, 3.05) is 13.1 Å². The van der Waals surface area contributed by atoms with E-state index in [2.05, 4.69) is 43.0 Å². The zero-order valence-corrected chi connectivity index (χ0v) is 13.2. The van der Waals surface area contributed by atoms with Gasteiger partial charge in [0, 0.05) is 6.54 Å². The monoisotopic (exact) mass is 289 g/mol. The molecule has 1 aliphatic carbocycles. The molecule has 3 heteroatoms. The maximum Gasteiger partial charge on any atom is 0.306 e. The second-order valence-electron chi connectivity index (χ2n) is 6.09. The van der Waals surface area contributed by atoms with Crippen LogP contribution in [0.3, 0.4) is 0 Å². The fourth-order valence-electron chi connectivity index (χ4n) is 3.27. The fraction of sp³-hybridized carbons (Fsp3) is 0.611. The summed E-state index contributed by atoms with van der Waals surface area (Å²) >= 11 is 0. The van der Waals surface area contributed by atoms with Gasteiger partial charge in [-0.05, 0) is 55.8 Å². The molecule has 116 valence electrons. The molecule has 0 aromatic heterocycles. The molecule has 2 rings (SSSR count). The molecule has 1 fully saturated rings. The zero-order valence-electron chi connectivity index (χ0n) is 13.2. The van der Waals surface area contributed by atoms with Crippen molar-refractivity contribution in [1.29, 1.82) is 0 Å². The Balaban J connectivity index is 1.92. The SMILES string of the molecule is CCN(CC)Cc1ccc(C2CCC(C(=O)O)CC2)cc1. The first-order valence-corrected chi connectivity index (χ1v) is 8.18. The summed E-state index contributed by atoms with van der Waals surface area (Å²) < 4.78 is 0. The van der Waals surface area contributed by atoms with E-state index in [0.717, 1.165) is 45.3 Å². The van der Waals surface area contributed by atoms with E-state index in [9.17, 15) is 4.79 Å². The Bertz CT molecular complexity index is 443. The van der Waals surface area contributed by atoms with Crippen molar-refractivity contribution in [2.24, 2.45) is 5.92 Å². The summed E-state index contributed by atoms with van der Waals surface area (Å²) in [4.78, 5) is 13.4. The molecule has 0 amide bonds. The van der Waals surface area contributed by atoms with Gasteiger partial charge in [-0.25, -0.2) is 0 Å². The van der Waals surface area contributed by atoms with Gasteiger partial charge in [0.25, 0.3) is 0 Å². The number of hydrogen-bond donors (Lipinski definition) is 1. The maximum atomic E-state index is 11.0. The Kier molecular flexibility index (Phi) is 5.80. The normalized spacial score (nSPS) is 22.4. The fourth-order valence-corrected chi connectivity index (χ4v) is 3.27. The number of hydrogen-bond acceptors (Lipinski definition) is 2.